The van der Waals surface area contributed by atoms with Crippen molar-refractivity contribution in [2.24, 2.45) is 0 Å². The Morgan fingerprint density at radius 2 is 2.06 bits per heavy atom. The summed E-state index contributed by atoms with van der Waals surface area (Å²) in [7, 11) is 0. The molecule has 0 saturated heterocycles. The summed E-state index contributed by atoms with van der Waals surface area (Å²) in [6.45, 7) is -0.450. The van der Waals surface area contributed by atoms with Crippen LogP contribution in [0.3, 0.4) is 0 Å². The molecule has 0 aliphatic rings. The molecule has 0 fully saturated rings. The molecular formula is C12H10F3NO2. The Kier molecular flexibility index (Phi) is 3.38. The lowest BCUT2D eigenvalue weighted by Crippen LogP contribution is -2.17. The number of aromatic nitrogens is 1. The van der Waals surface area contributed by atoms with E-state index in [4.69, 9.17) is 0 Å². The molecule has 0 aliphatic carbocycles. The van der Waals surface area contributed by atoms with Crippen LogP contribution in [-0.2, 0) is 11.3 Å². The van der Waals surface area contributed by atoms with E-state index in [1.54, 1.807) is 35.0 Å². The number of aldehydes is 1. The molecule has 0 atom stereocenters. The van der Waals surface area contributed by atoms with Crippen LogP contribution in [0, 0.1) is 0 Å². The molecule has 0 bridgehead atoms. The predicted octanol–water partition coefficient (Wildman–Crippen LogP) is 2.99. The Morgan fingerprint density at radius 3 is 2.72 bits per heavy atom. The van der Waals surface area contributed by atoms with Gasteiger partial charge in [-0.2, -0.15) is 0 Å². The zero-order valence-corrected chi connectivity index (χ0v) is 9.28. The molecule has 0 aliphatic heterocycles. The molecule has 0 radical (unpaired) electrons. The fraction of sp³-hybridized carbons (Fsp3) is 0.250. The van der Waals surface area contributed by atoms with Gasteiger partial charge in [-0.25, -0.2) is 0 Å². The number of alkyl halides is 3. The largest absolute Gasteiger partial charge is 0.522 e. The number of ether oxygens (including phenoxy) is 1. The van der Waals surface area contributed by atoms with E-state index in [2.05, 4.69) is 4.74 Å². The Morgan fingerprint density at radius 1 is 1.28 bits per heavy atom. The quantitative estimate of drug-likeness (QED) is 0.788. The Balaban J connectivity index is 2.21. The Labute approximate surface area is 101 Å². The van der Waals surface area contributed by atoms with Gasteiger partial charge in [-0.3, -0.25) is 9.53 Å². The van der Waals surface area contributed by atoms with Gasteiger partial charge in [-0.1, -0.05) is 12.1 Å². The van der Waals surface area contributed by atoms with Crippen molar-refractivity contribution in [1.29, 1.82) is 0 Å². The fourth-order valence-electron chi connectivity index (χ4n) is 1.83. The highest BCUT2D eigenvalue weighted by atomic mass is 19.4. The molecule has 18 heavy (non-hydrogen) atoms. The summed E-state index contributed by atoms with van der Waals surface area (Å²) >= 11 is 0. The van der Waals surface area contributed by atoms with Crippen LogP contribution in [0.15, 0.2) is 30.5 Å². The molecule has 6 heteroatoms. The number of carbonyl (C=O) groups excluding carboxylic acids is 1. The maximum atomic E-state index is 11.9. The molecule has 0 N–H and O–H groups in total. The summed E-state index contributed by atoms with van der Waals surface area (Å²) < 4.78 is 40.9. The average Bonchev–Trinajstić information content (AvgIpc) is 2.71. The molecule has 1 aromatic carbocycles. The Hall–Kier alpha value is -1.82. The van der Waals surface area contributed by atoms with Gasteiger partial charge in [0.15, 0.2) is 6.29 Å². The van der Waals surface area contributed by atoms with Gasteiger partial charge in [0.25, 0.3) is 0 Å². The maximum Gasteiger partial charge on any atom is 0.522 e. The average molecular weight is 257 g/mol. The van der Waals surface area contributed by atoms with Gasteiger partial charge >= 0.3 is 6.36 Å². The van der Waals surface area contributed by atoms with E-state index in [0.717, 1.165) is 5.39 Å². The van der Waals surface area contributed by atoms with E-state index in [0.29, 0.717) is 17.4 Å². The van der Waals surface area contributed by atoms with Crippen molar-refractivity contribution in [2.75, 3.05) is 6.61 Å². The third-order valence-corrected chi connectivity index (χ3v) is 2.54. The first-order valence-electron chi connectivity index (χ1n) is 5.25. The topological polar surface area (TPSA) is 31.2 Å². The summed E-state index contributed by atoms with van der Waals surface area (Å²) in [5.74, 6) is 0. The zero-order chi connectivity index (χ0) is 13.2. The van der Waals surface area contributed by atoms with E-state index >= 15 is 0 Å². The zero-order valence-electron chi connectivity index (χ0n) is 9.28. The number of hydrogen-bond acceptors (Lipinski definition) is 2. The third kappa shape index (κ3) is 2.70. The molecule has 2 rings (SSSR count). The molecule has 0 unspecified atom stereocenters. The second-order valence-corrected chi connectivity index (χ2v) is 3.71. The van der Waals surface area contributed by atoms with Crippen LogP contribution in [0.25, 0.3) is 10.9 Å². The van der Waals surface area contributed by atoms with E-state index in [1.165, 1.54) is 0 Å². The van der Waals surface area contributed by atoms with Gasteiger partial charge in [0.1, 0.15) is 0 Å². The normalized spacial score (nSPS) is 11.9. The number of halogens is 3. The highest BCUT2D eigenvalue weighted by Gasteiger charge is 2.28. The van der Waals surface area contributed by atoms with Gasteiger partial charge in [-0.15, -0.1) is 13.2 Å². The van der Waals surface area contributed by atoms with Crippen LogP contribution in [0.5, 0.6) is 0 Å². The lowest BCUT2D eigenvalue weighted by Gasteiger charge is -2.09. The number of para-hydroxylation sites is 1. The summed E-state index contributed by atoms with van der Waals surface area (Å²) in [6, 6.07) is 6.89. The van der Waals surface area contributed by atoms with Gasteiger partial charge in [-0.05, 0) is 12.1 Å². The highest BCUT2D eigenvalue weighted by molar-refractivity contribution is 5.96. The van der Waals surface area contributed by atoms with Crippen LogP contribution in [0.1, 0.15) is 10.4 Å². The van der Waals surface area contributed by atoms with Gasteiger partial charge < -0.3 is 4.57 Å². The molecular weight excluding hydrogens is 247 g/mol. The Bertz CT molecular complexity index is 560. The van der Waals surface area contributed by atoms with Crippen molar-refractivity contribution in [3.63, 3.8) is 0 Å². The number of nitrogens with zero attached hydrogens (tertiary/aromatic N) is 1. The minimum atomic E-state index is -4.63. The molecule has 1 heterocycles. The second kappa shape index (κ2) is 4.81. The first-order valence-corrected chi connectivity index (χ1v) is 5.25. The first-order chi connectivity index (χ1) is 8.51. The number of carbonyl (C=O) groups is 1. The van der Waals surface area contributed by atoms with Gasteiger partial charge in [0.05, 0.1) is 12.1 Å². The summed E-state index contributed by atoms with van der Waals surface area (Å²) in [5, 5.41) is 0.812. The number of benzene rings is 1. The second-order valence-electron chi connectivity index (χ2n) is 3.71. The smallest absolute Gasteiger partial charge is 0.345 e. The van der Waals surface area contributed by atoms with Crippen LogP contribution in [-0.4, -0.2) is 23.8 Å². The van der Waals surface area contributed by atoms with Crippen LogP contribution < -0.4 is 0 Å². The lowest BCUT2D eigenvalue weighted by atomic mass is 10.1. The first kappa shape index (κ1) is 12.6. The van der Waals surface area contributed by atoms with E-state index in [-0.39, 0.29) is 6.54 Å². The molecule has 96 valence electrons. The highest BCUT2D eigenvalue weighted by Crippen LogP contribution is 2.20. The SMILES string of the molecule is O=Cc1cccc2ccn(CCOC(F)(F)F)c12. The summed E-state index contributed by atoms with van der Waals surface area (Å²) in [6.07, 6.45) is -2.31. The standard InChI is InChI=1S/C12H10F3NO2/c13-12(14,15)18-7-6-16-5-4-9-2-1-3-10(8-17)11(9)16/h1-5,8H,6-7H2. The van der Waals surface area contributed by atoms with Crippen molar-refractivity contribution in [3.05, 3.63) is 36.0 Å². The number of fused-ring (bicyclic) bond motifs is 1. The van der Waals surface area contributed by atoms with E-state index in [1.807, 2.05) is 0 Å². The van der Waals surface area contributed by atoms with Crippen molar-refractivity contribution in [1.82, 2.24) is 4.57 Å². The van der Waals surface area contributed by atoms with E-state index in [9.17, 15) is 18.0 Å². The molecule has 0 amide bonds. The summed E-state index contributed by atoms with van der Waals surface area (Å²) in [4.78, 5) is 10.9. The van der Waals surface area contributed by atoms with E-state index < -0.39 is 13.0 Å². The van der Waals surface area contributed by atoms with Crippen molar-refractivity contribution < 1.29 is 22.7 Å². The third-order valence-electron chi connectivity index (χ3n) is 2.54. The number of rotatable bonds is 4. The van der Waals surface area contributed by atoms with Crippen LogP contribution in [0.4, 0.5) is 13.2 Å². The maximum absolute atomic E-state index is 11.9. The lowest BCUT2D eigenvalue weighted by molar-refractivity contribution is -0.325. The molecule has 0 spiro atoms. The van der Waals surface area contributed by atoms with Crippen molar-refractivity contribution >= 4 is 17.2 Å². The molecule has 0 saturated carbocycles. The minimum absolute atomic E-state index is 0.0356. The van der Waals surface area contributed by atoms with Gasteiger partial charge in [0, 0.05) is 23.7 Å². The number of hydrogen-bond donors (Lipinski definition) is 0. The van der Waals surface area contributed by atoms with Crippen LogP contribution >= 0.6 is 0 Å². The van der Waals surface area contributed by atoms with Crippen LogP contribution in [0.2, 0.25) is 0 Å². The molecule has 2 aromatic rings. The predicted molar refractivity (Wildman–Crippen MR) is 59.3 cm³/mol. The van der Waals surface area contributed by atoms with Crippen molar-refractivity contribution in [3.8, 4) is 0 Å². The molecule has 3 nitrogen and oxygen atoms in total. The fourth-order valence-corrected chi connectivity index (χ4v) is 1.83. The summed E-state index contributed by atoms with van der Waals surface area (Å²) in [5.41, 5.74) is 1.07. The minimum Gasteiger partial charge on any atom is -0.345 e. The van der Waals surface area contributed by atoms with Gasteiger partial charge in [0.2, 0.25) is 0 Å². The van der Waals surface area contributed by atoms with Crippen molar-refractivity contribution in [2.45, 2.75) is 12.9 Å². The monoisotopic (exact) mass is 257 g/mol. The molecule has 1 aromatic heterocycles.